The zero-order valence-corrected chi connectivity index (χ0v) is 21.0. The summed E-state index contributed by atoms with van der Waals surface area (Å²) in [6, 6.07) is 18.1. The number of carboxylic acids is 1. The van der Waals surface area contributed by atoms with Crippen molar-refractivity contribution >= 4 is 17.1 Å². The Morgan fingerprint density at radius 3 is 2.76 bits per heavy atom. The lowest BCUT2D eigenvalue weighted by Crippen LogP contribution is -2.51. The van der Waals surface area contributed by atoms with Crippen molar-refractivity contribution < 1.29 is 24.2 Å². The summed E-state index contributed by atoms with van der Waals surface area (Å²) >= 11 is 0. The number of likely N-dealkylation sites (tertiary alicyclic amines) is 1. The van der Waals surface area contributed by atoms with Crippen LogP contribution in [0.5, 0.6) is 5.75 Å². The number of nitrogens with zero attached hydrogens (tertiary/aromatic N) is 3. The van der Waals surface area contributed by atoms with Crippen LogP contribution >= 0.6 is 0 Å². The van der Waals surface area contributed by atoms with Crippen LogP contribution < -0.4 is 4.74 Å². The minimum absolute atomic E-state index is 0.0494. The number of hydrogen-bond acceptors (Lipinski definition) is 7. The summed E-state index contributed by atoms with van der Waals surface area (Å²) < 4.78 is 11.8. The third-order valence-corrected chi connectivity index (χ3v) is 7.73. The number of aliphatic hydroxyl groups excluding tert-OH is 1. The first-order valence-electron chi connectivity index (χ1n) is 12.8. The Balaban J connectivity index is 1.37. The maximum atomic E-state index is 11.3. The van der Waals surface area contributed by atoms with Crippen LogP contribution in [0.15, 0.2) is 52.9 Å². The van der Waals surface area contributed by atoms with Crippen molar-refractivity contribution in [3.05, 3.63) is 70.8 Å². The van der Waals surface area contributed by atoms with Gasteiger partial charge in [-0.15, -0.1) is 0 Å². The molecule has 0 radical (unpaired) electrons. The summed E-state index contributed by atoms with van der Waals surface area (Å²) in [5.74, 6) is 0.0614. The van der Waals surface area contributed by atoms with Gasteiger partial charge in [-0.05, 0) is 71.8 Å². The minimum atomic E-state index is -0.754. The Hall–Kier alpha value is -4.19. The lowest BCUT2D eigenvalue weighted by Gasteiger charge is -2.41. The molecule has 1 aromatic heterocycles. The predicted octanol–water partition coefficient (Wildman–Crippen LogP) is 4.72. The summed E-state index contributed by atoms with van der Waals surface area (Å²) in [6.07, 6.45) is 1.62. The Morgan fingerprint density at radius 1 is 1.21 bits per heavy atom. The van der Waals surface area contributed by atoms with Gasteiger partial charge in [-0.1, -0.05) is 24.3 Å². The number of aliphatic hydroxyl groups is 1. The number of oxazole rings is 1. The summed E-state index contributed by atoms with van der Waals surface area (Å²) in [5, 5.41) is 28.4. The third kappa shape index (κ3) is 4.01. The molecule has 1 saturated heterocycles. The van der Waals surface area contributed by atoms with Gasteiger partial charge in [0.15, 0.2) is 5.58 Å². The molecule has 0 spiro atoms. The van der Waals surface area contributed by atoms with Gasteiger partial charge in [0.05, 0.1) is 12.5 Å². The highest BCUT2D eigenvalue weighted by Gasteiger charge is 2.40. The fraction of sp³-hybridized carbons (Fsp3) is 0.300. The molecule has 2 N–H and O–H groups in total. The van der Waals surface area contributed by atoms with Gasteiger partial charge in [-0.2, -0.15) is 5.26 Å². The molecule has 1 aliphatic heterocycles. The summed E-state index contributed by atoms with van der Waals surface area (Å²) in [5.41, 5.74) is 7.52. The average Bonchev–Trinajstić information content (AvgIpc) is 3.49. The molecule has 3 aromatic carbocycles. The first kappa shape index (κ1) is 24.2. The zero-order valence-electron chi connectivity index (χ0n) is 21.0. The Morgan fingerprint density at radius 2 is 2.00 bits per heavy atom. The number of rotatable bonds is 7. The van der Waals surface area contributed by atoms with E-state index in [-0.39, 0.29) is 25.2 Å². The van der Waals surface area contributed by atoms with Crippen molar-refractivity contribution in [2.24, 2.45) is 5.92 Å². The second-order valence-electron chi connectivity index (χ2n) is 9.92. The number of aliphatic carboxylic acids is 1. The zero-order chi connectivity index (χ0) is 26.4. The SMILES string of the molecule is Cc1c(-c2cccc(OCCO)c2)cccc1-c1nc2cc3c(c(C#N)c2o1)CC[C@@H]3N1CC(C(=O)O)C1. The molecule has 8 nitrogen and oxygen atoms in total. The van der Waals surface area contributed by atoms with Crippen molar-refractivity contribution in [1.82, 2.24) is 9.88 Å². The molecule has 2 heterocycles. The van der Waals surface area contributed by atoms with Gasteiger partial charge in [-0.25, -0.2) is 4.98 Å². The van der Waals surface area contributed by atoms with Crippen LogP contribution in [0, 0.1) is 24.2 Å². The number of carboxylic acid groups (broad SMARTS) is 1. The molecule has 2 aliphatic rings. The molecule has 0 amide bonds. The van der Waals surface area contributed by atoms with E-state index in [1.54, 1.807) is 0 Å². The van der Waals surface area contributed by atoms with Crippen LogP contribution in [0.4, 0.5) is 0 Å². The predicted molar refractivity (Wildman–Crippen MR) is 141 cm³/mol. The highest BCUT2D eigenvalue weighted by atomic mass is 16.5. The highest BCUT2D eigenvalue weighted by molar-refractivity contribution is 5.86. The van der Waals surface area contributed by atoms with Crippen molar-refractivity contribution in [2.75, 3.05) is 26.3 Å². The van der Waals surface area contributed by atoms with Gasteiger partial charge in [0.25, 0.3) is 0 Å². The van der Waals surface area contributed by atoms with Gasteiger partial charge in [0.1, 0.15) is 29.5 Å². The quantitative estimate of drug-likeness (QED) is 0.367. The summed E-state index contributed by atoms with van der Waals surface area (Å²) in [7, 11) is 0. The van der Waals surface area contributed by atoms with Gasteiger partial charge in [0.2, 0.25) is 5.89 Å². The molecule has 6 rings (SSSR count). The second kappa shape index (κ2) is 9.60. The lowest BCUT2D eigenvalue weighted by molar-refractivity contribution is -0.148. The Labute approximate surface area is 219 Å². The van der Waals surface area contributed by atoms with E-state index in [1.807, 2.05) is 55.5 Å². The smallest absolute Gasteiger partial charge is 0.309 e. The normalized spacial score (nSPS) is 17.2. The van der Waals surface area contributed by atoms with E-state index in [4.69, 9.17) is 19.2 Å². The number of aromatic nitrogens is 1. The van der Waals surface area contributed by atoms with E-state index in [9.17, 15) is 15.2 Å². The maximum absolute atomic E-state index is 11.3. The third-order valence-electron chi connectivity index (χ3n) is 7.73. The minimum Gasteiger partial charge on any atom is -0.491 e. The molecular weight excluding hydrogens is 482 g/mol. The molecular formula is C30H27N3O5. The van der Waals surface area contributed by atoms with Crippen molar-refractivity contribution in [3.63, 3.8) is 0 Å². The van der Waals surface area contributed by atoms with Crippen LogP contribution in [0.3, 0.4) is 0 Å². The van der Waals surface area contributed by atoms with Gasteiger partial charge < -0.3 is 19.4 Å². The van der Waals surface area contributed by atoms with E-state index >= 15 is 0 Å². The molecule has 1 atom stereocenters. The Kier molecular flexibility index (Phi) is 6.10. The van der Waals surface area contributed by atoms with E-state index in [0.29, 0.717) is 41.4 Å². The standard InChI is InChI=1S/C30H27N3O5/c1-17-21(18-4-2-5-20(12-18)37-11-10-34)6-3-7-22(17)29-32-26-13-24-23(25(14-31)28(26)38-29)8-9-27(24)33-15-19(16-33)30(35)36/h2-7,12-13,19,27,34H,8-11,15-16H2,1H3,(H,35,36)/t27-/m0/s1. The molecule has 8 heteroatoms. The Bertz CT molecular complexity index is 1600. The topological polar surface area (TPSA) is 120 Å². The van der Waals surface area contributed by atoms with Crippen LogP contribution in [0.25, 0.3) is 33.7 Å². The number of fused-ring (bicyclic) bond motifs is 2. The number of nitriles is 1. The van der Waals surface area contributed by atoms with Crippen molar-refractivity contribution in [1.29, 1.82) is 5.26 Å². The number of carbonyl (C=O) groups is 1. The second-order valence-corrected chi connectivity index (χ2v) is 9.92. The van der Waals surface area contributed by atoms with Crippen LogP contribution in [-0.4, -0.2) is 52.4 Å². The van der Waals surface area contributed by atoms with E-state index < -0.39 is 5.97 Å². The molecule has 192 valence electrons. The fourth-order valence-electron chi connectivity index (χ4n) is 5.76. The lowest BCUT2D eigenvalue weighted by atomic mass is 9.94. The van der Waals surface area contributed by atoms with Crippen molar-refractivity contribution in [3.8, 4) is 34.4 Å². The monoisotopic (exact) mass is 509 g/mol. The van der Waals surface area contributed by atoms with E-state index in [1.165, 1.54) is 0 Å². The first-order chi connectivity index (χ1) is 18.5. The fourth-order valence-corrected chi connectivity index (χ4v) is 5.76. The van der Waals surface area contributed by atoms with Crippen LogP contribution in [0.2, 0.25) is 0 Å². The molecule has 4 aromatic rings. The highest BCUT2D eigenvalue weighted by Crippen LogP contribution is 2.44. The van der Waals surface area contributed by atoms with E-state index in [0.717, 1.165) is 46.2 Å². The number of benzene rings is 3. The van der Waals surface area contributed by atoms with Gasteiger partial charge in [0, 0.05) is 24.7 Å². The summed E-state index contributed by atoms with van der Waals surface area (Å²) in [4.78, 5) is 18.3. The molecule has 1 fully saturated rings. The van der Waals surface area contributed by atoms with E-state index in [2.05, 4.69) is 11.0 Å². The average molecular weight is 510 g/mol. The number of ether oxygens (including phenoxy) is 1. The van der Waals surface area contributed by atoms with Crippen LogP contribution in [-0.2, 0) is 11.2 Å². The molecule has 0 saturated carbocycles. The van der Waals surface area contributed by atoms with Crippen molar-refractivity contribution in [2.45, 2.75) is 25.8 Å². The number of hydrogen-bond donors (Lipinski definition) is 2. The first-order valence-corrected chi connectivity index (χ1v) is 12.8. The molecule has 0 unspecified atom stereocenters. The van der Waals surface area contributed by atoms with Gasteiger partial charge in [-0.3, -0.25) is 9.69 Å². The van der Waals surface area contributed by atoms with Gasteiger partial charge >= 0.3 is 5.97 Å². The molecule has 38 heavy (non-hydrogen) atoms. The largest absolute Gasteiger partial charge is 0.491 e. The maximum Gasteiger partial charge on any atom is 0.309 e. The summed E-state index contributed by atoms with van der Waals surface area (Å²) in [6.45, 7) is 3.26. The molecule has 1 aliphatic carbocycles. The molecule has 0 bridgehead atoms. The van der Waals surface area contributed by atoms with Crippen LogP contribution in [0.1, 0.15) is 34.7 Å².